The Morgan fingerprint density at radius 1 is 1.17 bits per heavy atom. The Morgan fingerprint density at radius 3 is 2.67 bits per heavy atom. The molecule has 1 aromatic carbocycles. The molecule has 0 unspecified atom stereocenters. The van der Waals surface area contributed by atoms with Crippen LogP contribution in [0.1, 0.15) is 5.56 Å². The molecule has 4 heteroatoms. The van der Waals surface area contributed by atoms with E-state index in [1.165, 1.54) is 6.07 Å². The van der Waals surface area contributed by atoms with Crippen LogP contribution >= 0.6 is 11.6 Å². The highest BCUT2D eigenvalue weighted by Gasteiger charge is 2.06. The van der Waals surface area contributed by atoms with E-state index in [0.717, 1.165) is 16.6 Å². The topological polar surface area (TPSA) is 35.1 Å². The molecule has 0 fully saturated rings. The van der Waals surface area contributed by atoms with Gasteiger partial charge in [0.2, 0.25) is 0 Å². The van der Waals surface area contributed by atoms with Gasteiger partial charge in [0.05, 0.1) is 0 Å². The van der Waals surface area contributed by atoms with Crippen molar-refractivity contribution in [3.05, 3.63) is 64.8 Å². The van der Waals surface area contributed by atoms with Crippen molar-refractivity contribution >= 4 is 22.6 Å². The Kier molecular flexibility index (Phi) is 2.68. The van der Waals surface area contributed by atoms with Crippen LogP contribution in [0.5, 0.6) is 0 Å². The van der Waals surface area contributed by atoms with E-state index in [2.05, 4.69) is 0 Å². The predicted molar refractivity (Wildman–Crippen MR) is 71.4 cm³/mol. The summed E-state index contributed by atoms with van der Waals surface area (Å²) in [5, 5.41) is 0.875. The van der Waals surface area contributed by atoms with Gasteiger partial charge in [-0.25, -0.2) is 4.79 Å². The van der Waals surface area contributed by atoms with Crippen LogP contribution in [0.3, 0.4) is 0 Å². The van der Waals surface area contributed by atoms with Crippen molar-refractivity contribution in [2.75, 3.05) is 0 Å². The van der Waals surface area contributed by atoms with Gasteiger partial charge < -0.3 is 8.98 Å². The van der Waals surface area contributed by atoms with Gasteiger partial charge in [0.15, 0.2) is 0 Å². The first-order valence-corrected chi connectivity index (χ1v) is 6.07. The van der Waals surface area contributed by atoms with Crippen molar-refractivity contribution in [3.63, 3.8) is 0 Å². The van der Waals surface area contributed by atoms with Gasteiger partial charge in [0, 0.05) is 41.5 Å². The quantitative estimate of drug-likeness (QED) is 0.523. The van der Waals surface area contributed by atoms with Crippen molar-refractivity contribution in [3.8, 4) is 5.69 Å². The summed E-state index contributed by atoms with van der Waals surface area (Å²) in [6.45, 7) is 0. The lowest BCUT2D eigenvalue weighted by Crippen LogP contribution is -2.00. The maximum Gasteiger partial charge on any atom is 0.336 e. The second-order valence-corrected chi connectivity index (χ2v) is 4.26. The van der Waals surface area contributed by atoms with Gasteiger partial charge in [-0.05, 0) is 29.8 Å². The molecule has 3 rings (SSSR count). The molecule has 3 aromatic rings. The molecule has 0 bridgehead atoms. The van der Waals surface area contributed by atoms with E-state index in [4.69, 9.17) is 16.0 Å². The molecule has 0 aliphatic rings. The summed E-state index contributed by atoms with van der Waals surface area (Å²) in [5.74, 6) is 0.297. The molecule has 0 aliphatic heterocycles. The van der Waals surface area contributed by atoms with Gasteiger partial charge in [-0.3, -0.25) is 0 Å². The second-order valence-electron chi connectivity index (χ2n) is 4.00. The molecule has 2 aromatic heterocycles. The first-order chi connectivity index (χ1) is 8.78. The lowest BCUT2D eigenvalue weighted by atomic mass is 10.1. The van der Waals surface area contributed by atoms with Gasteiger partial charge in [-0.1, -0.05) is 0 Å². The smallest absolute Gasteiger partial charge is 0.336 e. The minimum atomic E-state index is -0.372. The van der Waals surface area contributed by atoms with Crippen molar-refractivity contribution in [1.29, 1.82) is 0 Å². The third kappa shape index (κ3) is 1.83. The van der Waals surface area contributed by atoms with Crippen LogP contribution in [0.25, 0.3) is 16.7 Å². The monoisotopic (exact) mass is 259 g/mol. The highest BCUT2D eigenvalue weighted by atomic mass is 35.5. The van der Waals surface area contributed by atoms with Crippen molar-refractivity contribution in [1.82, 2.24) is 4.57 Å². The third-order valence-electron chi connectivity index (χ3n) is 2.86. The van der Waals surface area contributed by atoms with Gasteiger partial charge in [-0.15, -0.1) is 11.6 Å². The van der Waals surface area contributed by atoms with E-state index in [1.807, 2.05) is 47.3 Å². The molecular formula is C14H10ClNO2. The Bertz CT molecular complexity index is 744. The second kappa shape index (κ2) is 4.35. The minimum absolute atomic E-state index is 0.297. The Balaban J connectivity index is 2.27. The fourth-order valence-electron chi connectivity index (χ4n) is 2.00. The van der Waals surface area contributed by atoms with E-state index in [0.29, 0.717) is 11.5 Å². The van der Waals surface area contributed by atoms with Crippen molar-refractivity contribution in [2.45, 2.75) is 5.88 Å². The summed E-state index contributed by atoms with van der Waals surface area (Å²) in [6.07, 6.45) is 3.87. The van der Waals surface area contributed by atoms with Crippen LogP contribution in [0.15, 0.2) is 58.0 Å². The number of hydrogen-bond donors (Lipinski definition) is 0. The van der Waals surface area contributed by atoms with E-state index in [9.17, 15) is 4.79 Å². The minimum Gasteiger partial charge on any atom is -0.423 e. The van der Waals surface area contributed by atoms with E-state index in [-0.39, 0.29) is 5.63 Å². The summed E-state index contributed by atoms with van der Waals surface area (Å²) in [6, 6.07) is 11.0. The SMILES string of the molecule is O=c1cc(CCl)c2ccc(-n3cccc3)cc2o1. The number of benzene rings is 1. The van der Waals surface area contributed by atoms with Crippen molar-refractivity contribution in [2.24, 2.45) is 0 Å². The Hall–Kier alpha value is -2.00. The molecule has 0 aliphatic carbocycles. The van der Waals surface area contributed by atoms with Crippen LogP contribution in [-0.4, -0.2) is 4.57 Å². The molecule has 90 valence electrons. The average molecular weight is 260 g/mol. The fourth-order valence-corrected chi connectivity index (χ4v) is 2.22. The summed E-state index contributed by atoms with van der Waals surface area (Å²) in [4.78, 5) is 11.4. The summed E-state index contributed by atoms with van der Waals surface area (Å²) < 4.78 is 7.17. The highest BCUT2D eigenvalue weighted by Crippen LogP contribution is 2.21. The van der Waals surface area contributed by atoms with E-state index < -0.39 is 0 Å². The molecule has 0 amide bonds. The Labute approximate surface area is 108 Å². The zero-order valence-electron chi connectivity index (χ0n) is 9.47. The normalized spacial score (nSPS) is 10.9. The van der Waals surface area contributed by atoms with Gasteiger partial charge in [-0.2, -0.15) is 0 Å². The molecule has 2 heterocycles. The van der Waals surface area contributed by atoms with E-state index in [1.54, 1.807) is 0 Å². The predicted octanol–water partition coefficient (Wildman–Crippen LogP) is 3.32. The fraction of sp³-hybridized carbons (Fsp3) is 0.0714. The number of rotatable bonds is 2. The number of halogens is 1. The summed E-state index contributed by atoms with van der Waals surface area (Å²) in [5.41, 5.74) is 1.93. The zero-order valence-corrected chi connectivity index (χ0v) is 10.2. The number of fused-ring (bicyclic) bond motifs is 1. The lowest BCUT2D eigenvalue weighted by molar-refractivity contribution is 0.559. The third-order valence-corrected chi connectivity index (χ3v) is 3.15. The molecule has 0 spiro atoms. The molecule has 0 saturated carbocycles. The average Bonchev–Trinajstić information content (AvgIpc) is 2.90. The molecule has 0 atom stereocenters. The van der Waals surface area contributed by atoms with Crippen LogP contribution in [0.2, 0.25) is 0 Å². The first kappa shape index (κ1) is 11.1. The van der Waals surface area contributed by atoms with E-state index >= 15 is 0 Å². The maximum atomic E-state index is 11.4. The molecular weight excluding hydrogens is 250 g/mol. The molecule has 3 nitrogen and oxygen atoms in total. The van der Waals surface area contributed by atoms with Gasteiger partial charge >= 0.3 is 5.63 Å². The summed E-state index contributed by atoms with van der Waals surface area (Å²) >= 11 is 5.83. The van der Waals surface area contributed by atoms with Crippen LogP contribution in [-0.2, 0) is 5.88 Å². The molecule has 0 saturated heterocycles. The highest BCUT2D eigenvalue weighted by molar-refractivity contribution is 6.17. The largest absolute Gasteiger partial charge is 0.423 e. The maximum absolute atomic E-state index is 11.4. The first-order valence-electron chi connectivity index (χ1n) is 5.54. The van der Waals surface area contributed by atoms with Crippen LogP contribution < -0.4 is 5.63 Å². The zero-order chi connectivity index (χ0) is 12.5. The van der Waals surface area contributed by atoms with Crippen LogP contribution in [0, 0.1) is 0 Å². The lowest BCUT2D eigenvalue weighted by Gasteiger charge is -2.06. The summed E-state index contributed by atoms with van der Waals surface area (Å²) in [7, 11) is 0. The molecule has 0 radical (unpaired) electrons. The standard InChI is InChI=1S/C14H10ClNO2/c15-9-10-7-14(17)18-13-8-11(3-4-12(10)13)16-5-1-2-6-16/h1-8H,9H2. The van der Waals surface area contributed by atoms with Crippen molar-refractivity contribution < 1.29 is 4.42 Å². The molecule has 18 heavy (non-hydrogen) atoms. The van der Waals surface area contributed by atoms with Gasteiger partial charge in [0.25, 0.3) is 0 Å². The van der Waals surface area contributed by atoms with Crippen LogP contribution in [0.4, 0.5) is 0 Å². The number of hydrogen-bond acceptors (Lipinski definition) is 2. The number of aromatic nitrogens is 1. The molecule has 0 N–H and O–H groups in total. The Morgan fingerprint density at radius 2 is 1.94 bits per heavy atom. The van der Waals surface area contributed by atoms with Gasteiger partial charge in [0.1, 0.15) is 5.58 Å². The number of nitrogens with zero attached hydrogens (tertiary/aromatic N) is 1. The number of alkyl halides is 1.